The normalized spacial score (nSPS) is 41.9. The Kier molecular flexibility index (Phi) is 17.0. The molecule has 8 saturated carbocycles. The zero-order chi connectivity index (χ0) is 54.8. The summed E-state index contributed by atoms with van der Waals surface area (Å²) in [6, 6.07) is 0.198. The third-order valence-electron chi connectivity index (χ3n) is 24.0. The van der Waals surface area contributed by atoms with E-state index >= 15 is 0 Å². The Balaban J connectivity index is 0.699. The van der Waals surface area contributed by atoms with Crippen molar-refractivity contribution in [2.75, 3.05) is 24.6 Å². The van der Waals surface area contributed by atoms with Crippen molar-refractivity contribution < 1.29 is 50.2 Å². The van der Waals surface area contributed by atoms with Crippen LogP contribution in [-0.4, -0.2) is 103 Å². The lowest BCUT2D eigenvalue weighted by molar-refractivity contribution is -0.167. The smallest absolute Gasteiger partial charge is 0.266 e. The molecule has 0 radical (unpaired) electrons. The van der Waals surface area contributed by atoms with Gasteiger partial charge in [0.05, 0.1) is 23.3 Å². The quantitative estimate of drug-likeness (QED) is 0.0456. The van der Waals surface area contributed by atoms with Crippen LogP contribution in [0.25, 0.3) is 0 Å². The Hall–Kier alpha value is -2.42. The van der Waals surface area contributed by atoms with Crippen LogP contribution in [-0.2, 0) is 39.4 Å². The largest absolute Gasteiger partial charge is 0.393 e. The van der Waals surface area contributed by atoms with Gasteiger partial charge in [0.1, 0.15) is 0 Å². The molecule has 1 aliphatic heterocycles. The van der Waals surface area contributed by atoms with Gasteiger partial charge in [-0.1, -0.05) is 41.5 Å². The first-order valence-electron chi connectivity index (χ1n) is 29.9. The average Bonchev–Trinajstić information content (AvgIpc) is 4.04. The SMILES string of the molecule is C[C@H](CCC(=O)NCCS(=O)(=O)O)[C@H]1CCC2[C@H]3C(CC[C@@]21C)[C@@]1(C)CC[C@@H](NC(=O)CCCC(=O)N[C@@H]2CC[C@@]4(C)C(C2)CC2(NN2)[C@@H]2C4CC[C@@]4(C)C2CC[C@@H]4[C@H](C)CCC(=O)NCCS(=O)(=O)O)CC1C[C@@H]3O. The first-order valence-corrected chi connectivity index (χ1v) is 33.1. The summed E-state index contributed by atoms with van der Waals surface area (Å²) in [4.78, 5) is 52.1. The molecule has 1 spiro atoms. The molecule has 1 heterocycles. The summed E-state index contributed by atoms with van der Waals surface area (Å²) in [7, 11) is -8.24. The molecule has 9 aliphatic rings. The molecule has 9 rings (SSSR count). The molecule has 19 atom stereocenters. The van der Waals surface area contributed by atoms with Crippen LogP contribution in [0.15, 0.2) is 0 Å². The topological polar surface area (TPSA) is 289 Å². The number of carbonyl (C=O) groups excluding carboxylic acids is 4. The Bertz CT molecular complexity index is 2390. The van der Waals surface area contributed by atoms with Crippen molar-refractivity contribution in [3.8, 4) is 0 Å². The van der Waals surface area contributed by atoms with Gasteiger partial charge in [-0.2, -0.15) is 16.8 Å². The zero-order valence-corrected chi connectivity index (χ0v) is 48.3. The van der Waals surface area contributed by atoms with E-state index in [1.54, 1.807) is 0 Å². The first kappa shape index (κ1) is 58.2. The van der Waals surface area contributed by atoms with Crippen LogP contribution < -0.4 is 32.1 Å². The van der Waals surface area contributed by atoms with E-state index in [0.717, 1.165) is 96.3 Å². The zero-order valence-electron chi connectivity index (χ0n) is 46.7. The fourth-order valence-corrected chi connectivity index (χ4v) is 20.8. The van der Waals surface area contributed by atoms with E-state index in [1.807, 2.05) is 0 Å². The van der Waals surface area contributed by atoms with E-state index in [4.69, 9.17) is 9.11 Å². The number of amides is 4. The highest BCUT2D eigenvalue weighted by Crippen LogP contribution is 2.72. The third-order valence-corrected chi connectivity index (χ3v) is 25.4. The number of nitrogens with one attached hydrogen (secondary N) is 6. The molecule has 0 aromatic heterocycles. The van der Waals surface area contributed by atoms with Gasteiger partial charge in [-0.3, -0.25) is 28.3 Å². The number of carbonyl (C=O) groups is 4. The monoisotopic (exact) mass is 1100 g/mol. The van der Waals surface area contributed by atoms with E-state index in [-0.39, 0.29) is 88.1 Å². The summed E-state index contributed by atoms with van der Waals surface area (Å²) in [6.07, 6.45) is 19.7. The molecular formula is C57H96N6O11S2. The minimum absolute atomic E-state index is 0.0104. The number of hydrazine groups is 1. The third kappa shape index (κ3) is 11.8. The van der Waals surface area contributed by atoms with Gasteiger partial charge in [0.25, 0.3) is 20.2 Å². The highest BCUT2D eigenvalue weighted by atomic mass is 32.2. The Morgan fingerprint density at radius 2 is 0.987 bits per heavy atom. The van der Waals surface area contributed by atoms with Crippen molar-refractivity contribution >= 4 is 43.9 Å². The minimum Gasteiger partial charge on any atom is -0.393 e. The Labute approximate surface area is 454 Å². The second-order valence-corrected chi connectivity index (χ2v) is 31.0. The maximum absolute atomic E-state index is 13.5. The second kappa shape index (κ2) is 22.1. The number of hydrogen-bond acceptors (Lipinski definition) is 11. The highest BCUT2D eigenvalue weighted by molar-refractivity contribution is 7.86. The van der Waals surface area contributed by atoms with Crippen molar-refractivity contribution in [3.05, 3.63) is 0 Å². The molecule has 6 unspecified atom stereocenters. The molecule has 1 saturated heterocycles. The molecule has 9 N–H and O–H groups in total. The number of aliphatic hydroxyl groups is 1. The fourth-order valence-electron chi connectivity index (χ4n) is 20.0. The number of rotatable bonds is 20. The maximum atomic E-state index is 13.5. The molecule has 9 fully saturated rings. The average molecular weight is 1110 g/mol. The molecule has 76 heavy (non-hydrogen) atoms. The first-order chi connectivity index (χ1) is 35.7. The van der Waals surface area contributed by atoms with Gasteiger partial charge < -0.3 is 26.4 Å². The predicted molar refractivity (Wildman–Crippen MR) is 290 cm³/mol. The van der Waals surface area contributed by atoms with Gasteiger partial charge in [0.15, 0.2) is 0 Å². The van der Waals surface area contributed by atoms with Crippen molar-refractivity contribution in [1.82, 2.24) is 32.1 Å². The lowest BCUT2D eigenvalue weighted by Crippen LogP contribution is -2.62. The summed E-state index contributed by atoms with van der Waals surface area (Å²) >= 11 is 0. The predicted octanol–water partition coefficient (Wildman–Crippen LogP) is 6.67. The minimum atomic E-state index is -4.12. The van der Waals surface area contributed by atoms with Crippen molar-refractivity contribution in [1.29, 1.82) is 0 Å². The van der Waals surface area contributed by atoms with Gasteiger partial charge in [-0.25, -0.2) is 10.9 Å². The van der Waals surface area contributed by atoms with Crippen LogP contribution in [0, 0.1) is 92.7 Å². The van der Waals surface area contributed by atoms with E-state index in [1.165, 1.54) is 19.3 Å². The van der Waals surface area contributed by atoms with Gasteiger partial charge in [0, 0.05) is 50.9 Å². The van der Waals surface area contributed by atoms with Crippen molar-refractivity contribution in [2.45, 2.75) is 213 Å². The van der Waals surface area contributed by atoms with Crippen molar-refractivity contribution in [2.24, 2.45) is 92.7 Å². The number of hydrogen-bond donors (Lipinski definition) is 9. The lowest BCUT2D eigenvalue weighted by Gasteiger charge is -2.63. The molecule has 19 heteroatoms. The van der Waals surface area contributed by atoms with Crippen LogP contribution in [0.4, 0.5) is 0 Å². The van der Waals surface area contributed by atoms with Gasteiger partial charge in [0.2, 0.25) is 23.6 Å². The van der Waals surface area contributed by atoms with E-state index in [2.05, 4.69) is 73.7 Å². The summed E-state index contributed by atoms with van der Waals surface area (Å²) < 4.78 is 62.3. The highest BCUT2D eigenvalue weighted by Gasteiger charge is 2.70. The maximum Gasteiger partial charge on any atom is 0.266 e. The summed E-state index contributed by atoms with van der Waals surface area (Å²) in [6.45, 7) is 14.3. The van der Waals surface area contributed by atoms with Crippen LogP contribution in [0.2, 0.25) is 0 Å². The van der Waals surface area contributed by atoms with E-state index < -0.39 is 31.7 Å². The van der Waals surface area contributed by atoms with Gasteiger partial charge in [-0.15, -0.1) is 0 Å². The standard InChI is InChI=1S/C57H96N6O11S2/c1-34(10-16-47(65)58-26-28-75(69,70)71)40-12-14-42-51-43(20-24-55(40,42)5)53(3)22-18-38(30-36(53)32-46(51)64)60-49(67)8-7-9-50(68)61-39-19-23-54(4)37(31-39)33-57(62-63-57)52-44-15-13-41(56(44,6)25-21-45(52)54)35(2)11-17-48(66)59-27-29-76(72,73)74/h34-46,51-52,62-64H,7-33H2,1-6H3,(H,58,65)(H,59,66)(H,60,67)(H,61,68)(H,69,70,71)(H,72,73,74)/t34-,35-,36?,37?,38-,39-,40-,41-,42?,43?,44?,45?,46+,51+,52+,53+,54+,55-,56-/m1/s1. The summed E-state index contributed by atoms with van der Waals surface area (Å²) in [5.41, 5.74) is 7.90. The lowest BCUT2D eigenvalue weighted by atomic mass is 9.42. The molecule has 0 aromatic rings. The summed E-state index contributed by atoms with van der Waals surface area (Å²) in [5.74, 6) is 3.98. The van der Waals surface area contributed by atoms with Gasteiger partial charge >= 0.3 is 0 Å². The summed E-state index contributed by atoms with van der Waals surface area (Å²) in [5, 5.41) is 24.1. The van der Waals surface area contributed by atoms with E-state index in [9.17, 15) is 41.1 Å². The van der Waals surface area contributed by atoms with Crippen molar-refractivity contribution in [3.63, 3.8) is 0 Å². The second-order valence-electron chi connectivity index (χ2n) is 27.9. The molecule has 8 aliphatic carbocycles. The van der Waals surface area contributed by atoms with Crippen LogP contribution in [0.1, 0.15) is 189 Å². The van der Waals surface area contributed by atoms with Gasteiger partial charge in [-0.05, 0) is 215 Å². The molecule has 0 aromatic carbocycles. The fraction of sp³-hybridized carbons (Fsp3) is 0.930. The Morgan fingerprint density at radius 1 is 0.553 bits per heavy atom. The van der Waals surface area contributed by atoms with Crippen LogP contribution in [0.3, 0.4) is 0 Å². The molecule has 4 amide bonds. The number of aliphatic hydroxyl groups excluding tert-OH is 1. The number of fused-ring (bicyclic) bond motifs is 11. The molecule has 432 valence electrons. The van der Waals surface area contributed by atoms with Crippen LogP contribution in [0.5, 0.6) is 0 Å². The molecule has 0 bridgehead atoms. The molecular weight excluding hydrogens is 1010 g/mol. The van der Waals surface area contributed by atoms with Crippen LogP contribution >= 0.6 is 0 Å². The Morgan fingerprint density at radius 3 is 1.50 bits per heavy atom. The molecule has 17 nitrogen and oxygen atoms in total. The van der Waals surface area contributed by atoms with E-state index in [0.29, 0.717) is 97.2 Å².